The third kappa shape index (κ3) is 7.31. The number of fused-ring (bicyclic) bond motifs is 1. The zero-order chi connectivity index (χ0) is 26.2. The van der Waals surface area contributed by atoms with Gasteiger partial charge < -0.3 is 19.7 Å². The minimum absolute atomic E-state index is 0.101. The molecule has 0 heterocycles. The van der Waals surface area contributed by atoms with Crippen LogP contribution in [0.3, 0.4) is 0 Å². The van der Waals surface area contributed by atoms with Crippen molar-refractivity contribution in [2.24, 2.45) is 23.2 Å². The summed E-state index contributed by atoms with van der Waals surface area (Å²) in [6.45, 7) is 21.5. The molecule has 1 unspecified atom stereocenters. The Bertz CT molecular complexity index is 642. The minimum atomic E-state index is -1.84. The van der Waals surface area contributed by atoms with E-state index in [4.69, 9.17) is 4.43 Å². The Kier molecular flexibility index (Phi) is 9.63. The Morgan fingerprint density at radius 3 is 2.09 bits per heavy atom. The molecule has 2 rings (SSSR count). The topological polar surface area (TPSA) is 69.9 Å². The van der Waals surface area contributed by atoms with Crippen LogP contribution >= 0.6 is 0 Å². The molecule has 0 aliphatic heterocycles. The van der Waals surface area contributed by atoms with E-state index in [9.17, 15) is 15.3 Å². The molecule has 0 radical (unpaired) electrons. The Labute approximate surface area is 212 Å². The average molecular weight is 499 g/mol. The van der Waals surface area contributed by atoms with E-state index in [-0.39, 0.29) is 16.4 Å². The van der Waals surface area contributed by atoms with E-state index in [1.807, 2.05) is 13.8 Å². The van der Waals surface area contributed by atoms with E-state index in [1.165, 1.54) is 19.3 Å². The van der Waals surface area contributed by atoms with Crippen LogP contribution < -0.4 is 0 Å². The highest BCUT2D eigenvalue weighted by atomic mass is 28.4. The van der Waals surface area contributed by atoms with Crippen molar-refractivity contribution < 1.29 is 19.7 Å². The second-order valence-corrected chi connectivity index (χ2v) is 19.5. The molecular weight excluding hydrogens is 440 g/mol. The molecule has 0 aromatic heterocycles. The van der Waals surface area contributed by atoms with E-state index in [1.54, 1.807) is 13.8 Å². The van der Waals surface area contributed by atoms with Crippen LogP contribution in [0.4, 0.5) is 0 Å². The lowest BCUT2D eigenvalue weighted by Gasteiger charge is -2.51. The maximum atomic E-state index is 11.3. The minimum Gasteiger partial charge on any atom is -0.414 e. The van der Waals surface area contributed by atoms with Gasteiger partial charge in [-0.15, -0.1) is 0 Å². The predicted octanol–water partition coefficient (Wildman–Crippen LogP) is 7.06. The molecule has 2 fully saturated rings. The molecule has 34 heavy (non-hydrogen) atoms. The van der Waals surface area contributed by atoms with E-state index >= 15 is 0 Å². The summed E-state index contributed by atoms with van der Waals surface area (Å²) in [4.78, 5) is 0. The first-order valence-electron chi connectivity index (χ1n) is 14.1. The fourth-order valence-corrected chi connectivity index (χ4v) is 8.17. The van der Waals surface area contributed by atoms with Gasteiger partial charge in [-0.3, -0.25) is 0 Å². The van der Waals surface area contributed by atoms with Gasteiger partial charge in [0.15, 0.2) is 8.32 Å². The zero-order valence-electron chi connectivity index (χ0n) is 24.2. The second kappa shape index (κ2) is 10.8. The summed E-state index contributed by atoms with van der Waals surface area (Å²) in [5.74, 6) is 1.06. The van der Waals surface area contributed by atoms with Gasteiger partial charge in [0.2, 0.25) is 0 Å². The van der Waals surface area contributed by atoms with Crippen LogP contribution in [0.2, 0.25) is 18.1 Å². The highest BCUT2D eigenvalue weighted by Gasteiger charge is 2.56. The summed E-state index contributed by atoms with van der Waals surface area (Å²) in [7, 11) is -1.84. The van der Waals surface area contributed by atoms with E-state index < -0.39 is 25.6 Å². The van der Waals surface area contributed by atoms with Crippen molar-refractivity contribution in [3.8, 4) is 0 Å². The predicted molar refractivity (Wildman–Crippen MR) is 145 cm³/mol. The van der Waals surface area contributed by atoms with Crippen LogP contribution in [0.1, 0.15) is 120 Å². The Morgan fingerprint density at radius 2 is 1.56 bits per heavy atom. The maximum Gasteiger partial charge on any atom is 0.192 e. The molecule has 0 bridgehead atoms. The average Bonchev–Trinajstić information content (AvgIpc) is 2.99. The van der Waals surface area contributed by atoms with Gasteiger partial charge in [0.25, 0.3) is 0 Å². The van der Waals surface area contributed by atoms with Gasteiger partial charge in [-0.1, -0.05) is 53.4 Å². The van der Waals surface area contributed by atoms with Crippen molar-refractivity contribution in [1.29, 1.82) is 0 Å². The quantitative estimate of drug-likeness (QED) is 0.211. The van der Waals surface area contributed by atoms with E-state index in [0.717, 1.165) is 44.9 Å². The first kappa shape index (κ1) is 30.3. The van der Waals surface area contributed by atoms with Crippen LogP contribution in [0, 0.1) is 23.2 Å². The monoisotopic (exact) mass is 498 g/mol. The van der Waals surface area contributed by atoms with Crippen molar-refractivity contribution >= 4 is 8.32 Å². The lowest BCUT2D eigenvalue weighted by molar-refractivity contribution is -0.112. The van der Waals surface area contributed by atoms with Crippen LogP contribution in [-0.2, 0) is 4.43 Å². The van der Waals surface area contributed by atoms with Gasteiger partial charge >= 0.3 is 0 Å². The lowest BCUT2D eigenvalue weighted by atomic mass is 9.59. The number of hydrogen-bond donors (Lipinski definition) is 3. The van der Waals surface area contributed by atoms with Crippen molar-refractivity contribution in [3.05, 3.63) is 0 Å². The largest absolute Gasteiger partial charge is 0.414 e. The van der Waals surface area contributed by atoms with E-state index in [0.29, 0.717) is 17.9 Å². The standard InChI is InChI=1S/C29H58O4Si/c1-26(2,3)34(9,10)33-24-16-14-20-29(8)22(17-18-23(24)29)21(25(30)28(6,7)32)15-12-11-13-19-27(4,5)31/h21-25,30-32H,11-20H2,1-10H3/t21-,22+,23-,24?,25+,29+/m0/s1. The van der Waals surface area contributed by atoms with Gasteiger partial charge in [0, 0.05) is 6.10 Å². The fraction of sp³-hybridized carbons (Fsp3) is 1.00. The van der Waals surface area contributed by atoms with Crippen LogP contribution in [-0.4, -0.2) is 47.0 Å². The summed E-state index contributed by atoms with van der Waals surface area (Å²) in [5.41, 5.74) is -1.55. The Hall–Kier alpha value is 0.0569. The first-order valence-corrected chi connectivity index (χ1v) is 17.0. The Balaban J connectivity index is 2.18. The normalized spacial score (nSPS) is 30.8. The lowest BCUT2D eigenvalue weighted by Crippen LogP contribution is -2.52. The molecule has 0 aromatic carbocycles. The molecule has 2 aliphatic rings. The number of unbranched alkanes of at least 4 members (excludes halogenated alkanes) is 2. The Morgan fingerprint density at radius 1 is 0.941 bits per heavy atom. The van der Waals surface area contributed by atoms with Crippen LogP contribution in [0.15, 0.2) is 0 Å². The molecule has 0 aromatic rings. The smallest absolute Gasteiger partial charge is 0.192 e. The van der Waals surface area contributed by atoms with Gasteiger partial charge in [-0.25, -0.2) is 0 Å². The molecule has 3 N–H and O–H groups in total. The molecule has 2 saturated carbocycles. The van der Waals surface area contributed by atoms with Gasteiger partial charge in [0.05, 0.1) is 17.3 Å². The summed E-state index contributed by atoms with van der Waals surface area (Å²) in [6, 6.07) is 0. The molecule has 5 heteroatoms. The molecule has 0 saturated heterocycles. The summed E-state index contributed by atoms with van der Waals surface area (Å²) in [5, 5.41) is 32.4. The number of rotatable bonds is 11. The molecular formula is C29H58O4Si. The zero-order valence-corrected chi connectivity index (χ0v) is 25.2. The molecule has 4 nitrogen and oxygen atoms in total. The van der Waals surface area contributed by atoms with Gasteiger partial charge in [-0.05, 0) is 108 Å². The SMILES string of the molecule is CC(C)(O)CCCCC[C@H]([C@@H](O)C(C)(C)O)[C@H]1CC[C@H]2C(O[Si](C)(C)C(C)(C)C)CCC[C@]12C. The third-order valence-electron chi connectivity index (χ3n) is 9.86. The van der Waals surface area contributed by atoms with Crippen LogP contribution in [0.5, 0.6) is 0 Å². The number of aliphatic hydroxyl groups excluding tert-OH is 1. The maximum absolute atomic E-state index is 11.3. The highest BCUT2D eigenvalue weighted by molar-refractivity contribution is 6.74. The fourth-order valence-electron chi connectivity index (χ4n) is 6.78. The summed E-state index contributed by atoms with van der Waals surface area (Å²) in [6.07, 6.45) is 10.3. The summed E-state index contributed by atoms with van der Waals surface area (Å²) >= 11 is 0. The van der Waals surface area contributed by atoms with Gasteiger partial charge in [-0.2, -0.15) is 0 Å². The number of aliphatic hydroxyl groups is 3. The van der Waals surface area contributed by atoms with Gasteiger partial charge in [0.1, 0.15) is 0 Å². The van der Waals surface area contributed by atoms with Crippen LogP contribution in [0.25, 0.3) is 0 Å². The second-order valence-electron chi connectivity index (χ2n) is 14.8. The molecule has 6 atom stereocenters. The molecule has 0 spiro atoms. The first-order chi connectivity index (χ1) is 15.3. The molecule has 202 valence electrons. The molecule has 2 aliphatic carbocycles. The third-order valence-corrected chi connectivity index (χ3v) is 14.4. The van der Waals surface area contributed by atoms with E-state index in [2.05, 4.69) is 40.8 Å². The number of hydrogen-bond acceptors (Lipinski definition) is 4. The van der Waals surface area contributed by atoms with Crippen molar-refractivity contribution in [1.82, 2.24) is 0 Å². The van der Waals surface area contributed by atoms with Crippen molar-refractivity contribution in [3.63, 3.8) is 0 Å². The van der Waals surface area contributed by atoms with Crippen molar-refractivity contribution in [2.75, 3.05) is 0 Å². The highest BCUT2D eigenvalue weighted by Crippen LogP contribution is 2.60. The van der Waals surface area contributed by atoms with Crippen molar-refractivity contribution in [2.45, 2.75) is 161 Å². The molecule has 0 amide bonds. The summed E-state index contributed by atoms with van der Waals surface area (Å²) < 4.78 is 7.03.